The molecule has 0 atom stereocenters. The highest BCUT2D eigenvalue weighted by atomic mass is 16.5. The van der Waals surface area contributed by atoms with Crippen molar-refractivity contribution in [2.24, 2.45) is 0 Å². The van der Waals surface area contributed by atoms with E-state index in [1.165, 1.54) is 12.3 Å². The molecule has 0 unspecified atom stereocenters. The topological polar surface area (TPSA) is 96.4 Å². The molecule has 0 saturated heterocycles. The SMILES string of the molecule is O=C(O)c1ccnc(NCCCNCCCOc2ccccc2)n1. The molecule has 1 heterocycles. The van der Waals surface area contributed by atoms with Crippen LogP contribution in [-0.4, -0.2) is 47.3 Å². The smallest absolute Gasteiger partial charge is 0.354 e. The monoisotopic (exact) mass is 330 g/mol. The average Bonchev–Trinajstić information content (AvgIpc) is 2.61. The summed E-state index contributed by atoms with van der Waals surface area (Å²) < 4.78 is 5.61. The Hall–Kier alpha value is -2.67. The van der Waals surface area contributed by atoms with Gasteiger partial charge in [0.1, 0.15) is 5.75 Å². The molecule has 3 N–H and O–H groups in total. The minimum Gasteiger partial charge on any atom is -0.494 e. The lowest BCUT2D eigenvalue weighted by molar-refractivity contribution is 0.0690. The van der Waals surface area contributed by atoms with E-state index in [0.29, 0.717) is 19.1 Å². The molecule has 0 bridgehead atoms. The number of nitrogens with zero attached hydrogens (tertiary/aromatic N) is 2. The van der Waals surface area contributed by atoms with E-state index in [1.54, 1.807) is 0 Å². The highest BCUT2D eigenvalue weighted by molar-refractivity contribution is 5.85. The maximum atomic E-state index is 10.8. The van der Waals surface area contributed by atoms with Crippen LogP contribution in [-0.2, 0) is 0 Å². The lowest BCUT2D eigenvalue weighted by Crippen LogP contribution is -2.21. The number of benzene rings is 1. The van der Waals surface area contributed by atoms with Crippen molar-refractivity contribution in [1.29, 1.82) is 0 Å². The molecule has 1 aromatic carbocycles. The first kappa shape index (κ1) is 17.7. The van der Waals surface area contributed by atoms with Gasteiger partial charge in [0.15, 0.2) is 5.69 Å². The lowest BCUT2D eigenvalue weighted by Gasteiger charge is -2.08. The molecule has 0 radical (unpaired) electrons. The van der Waals surface area contributed by atoms with Crippen LogP contribution in [0, 0.1) is 0 Å². The minimum absolute atomic E-state index is 0.0101. The summed E-state index contributed by atoms with van der Waals surface area (Å²) in [5, 5.41) is 15.2. The van der Waals surface area contributed by atoms with Crippen LogP contribution in [0.3, 0.4) is 0 Å². The summed E-state index contributed by atoms with van der Waals surface area (Å²) in [4.78, 5) is 18.7. The largest absolute Gasteiger partial charge is 0.494 e. The number of para-hydroxylation sites is 1. The Morgan fingerprint density at radius 1 is 1.08 bits per heavy atom. The molecule has 7 nitrogen and oxygen atoms in total. The van der Waals surface area contributed by atoms with Gasteiger partial charge in [-0.3, -0.25) is 0 Å². The highest BCUT2D eigenvalue weighted by Gasteiger charge is 2.05. The molecule has 7 heteroatoms. The number of aromatic carboxylic acids is 1. The van der Waals surface area contributed by atoms with E-state index >= 15 is 0 Å². The summed E-state index contributed by atoms with van der Waals surface area (Å²) in [6.45, 7) is 3.11. The second-order valence-electron chi connectivity index (χ2n) is 5.12. The molecular weight excluding hydrogens is 308 g/mol. The van der Waals surface area contributed by atoms with Crippen LogP contribution in [0.4, 0.5) is 5.95 Å². The minimum atomic E-state index is -1.06. The van der Waals surface area contributed by atoms with Gasteiger partial charge in [-0.1, -0.05) is 18.2 Å². The first-order valence-corrected chi connectivity index (χ1v) is 7.94. The number of carboxylic acids is 1. The molecule has 1 aromatic heterocycles. The van der Waals surface area contributed by atoms with Gasteiger partial charge in [0.2, 0.25) is 5.95 Å². The standard InChI is InChI=1S/C17H22N4O3/c22-16(23)15-8-12-20-17(21-15)19-11-4-9-18-10-5-13-24-14-6-2-1-3-7-14/h1-3,6-8,12,18H,4-5,9-11,13H2,(H,22,23)(H,19,20,21). The van der Waals surface area contributed by atoms with Gasteiger partial charge in [-0.2, -0.15) is 0 Å². The molecule has 128 valence electrons. The van der Waals surface area contributed by atoms with Gasteiger partial charge in [-0.25, -0.2) is 14.8 Å². The third-order valence-electron chi connectivity index (χ3n) is 3.20. The van der Waals surface area contributed by atoms with Crippen LogP contribution in [0.2, 0.25) is 0 Å². The Bertz CT molecular complexity index is 622. The van der Waals surface area contributed by atoms with Gasteiger partial charge in [-0.15, -0.1) is 0 Å². The van der Waals surface area contributed by atoms with Crippen molar-refractivity contribution >= 4 is 11.9 Å². The van der Waals surface area contributed by atoms with Crippen molar-refractivity contribution in [3.63, 3.8) is 0 Å². The quantitative estimate of drug-likeness (QED) is 0.542. The Labute approximate surface area is 141 Å². The van der Waals surface area contributed by atoms with E-state index in [0.717, 1.165) is 31.7 Å². The molecule has 0 aliphatic rings. The number of anilines is 1. The van der Waals surface area contributed by atoms with Gasteiger partial charge in [-0.05, 0) is 44.1 Å². The number of ether oxygens (including phenoxy) is 1. The first-order valence-electron chi connectivity index (χ1n) is 7.94. The zero-order chi connectivity index (χ0) is 17.0. The second kappa shape index (κ2) is 10.2. The molecule has 0 saturated carbocycles. The maximum Gasteiger partial charge on any atom is 0.354 e. The maximum absolute atomic E-state index is 10.8. The molecule has 0 amide bonds. The summed E-state index contributed by atoms with van der Waals surface area (Å²) in [5.41, 5.74) is -0.0101. The number of aromatic nitrogens is 2. The molecule has 0 fully saturated rings. The van der Waals surface area contributed by atoms with E-state index in [4.69, 9.17) is 9.84 Å². The fraction of sp³-hybridized carbons (Fsp3) is 0.353. The number of nitrogens with one attached hydrogen (secondary N) is 2. The van der Waals surface area contributed by atoms with E-state index < -0.39 is 5.97 Å². The summed E-state index contributed by atoms with van der Waals surface area (Å²) in [6.07, 6.45) is 3.26. The van der Waals surface area contributed by atoms with Gasteiger partial charge in [0, 0.05) is 12.7 Å². The van der Waals surface area contributed by atoms with Gasteiger partial charge in [0.25, 0.3) is 0 Å². The fourth-order valence-electron chi connectivity index (χ4n) is 2.01. The molecular formula is C17H22N4O3. The van der Waals surface area contributed by atoms with Crippen LogP contribution in [0.1, 0.15) is 23.3 Å². The lowest BCUT2D eigenvalue weighted by atomic mass is 10.3. The van der Waals surface area contributed by atoms with E-state index in [9.17, 15) is 4.79 Å². The molecule has 0 aliphatic carbocycles. The number of hydrogen-bond acceptors (Lipinski definition) is 6. The van der Waals surface area contributed by atoms with E-state index in [-0.39, 0.29) is 5.69 Å². The van der Waals surface area contributed by atoms with E-state index in [1.807, 2.05) is 30.3 Å². The third-order valence-corrected chi connectivity index (χ3v) is 3.20. The van der Waals surface area contributed by atoms with Crippen LogP contribution in [0.25, 0.3) is 0 Å². The van der Waals surface area contributed by atoms with Crippen molar-refractivity contribution in [2.45, 2.75) is 12.8 Å². The number of hydrogen-bond donors (Lipinski definition) is 3. The Kier molecular flexibility index (Phi) is 7.49. The van der Waals surface area contributed by atoms with Crippen molar-refractivity contribution in [2.75, 3.05) is 31.6 Å². The zero-order valence-electron chi connectivity index (χ0n) is 13.4. The van der Waals surface area contributed by atoms with Crippen molar-refractivity contribution in [3.05, 3.63) is 48.3 Å². The van der Waals surface area contributed by atoms with Crippen LogP contribution < -0.4 is 15.4 Å². The Balaban J connectivity index is 1.48. The Morgan fingerprint density at radius 3 is 2.67 bits per heavy atom. The van der Waals surface area contributed by atoms with Crippen molar-refractivity contribution in [1.82, 2.24) is 15.3 Å². The average molecular weight is 330 g/mol. The van der Waals surface area contributed by atoms with Crippen molar-refractivity contribution in [3.8, 4) is 5.75 Å². The predicted octanol–water partition coefficient (Wildman–Crippen LogP) is 2.04. The normalized spacial score (nSPS) is 10.3. The number of rotatable bonds is 11. The summed E-state index contributed by atoms with van der Waals surface area (Å²) in [7, 11) is 0. The Morgan fingerprint density at radius 2 is 1.88 bits per heavy atom. The number of carbonyl (C=O) groups is 1. The van der Waals surface area contributed by atoms with Gasteiger partial charge >= 0.3 is 5.97 Å². The summed E-state index contributed by atoms with van der Waals surface area (Å²) in [6, 6.07) is 11.1. The summed E-state index contributed by atoms with van der Waals surface area (Å²) in [5.74, 6) is 0.177. The van der Waals surface area contributed by atoms with Crippen LogP contribution in [0.15, 0.2) is 42.6 Å². The third kappa shape index (κ3) is 6.62. The molecule has 0 aliphatic heterocycles. The van der Waals surface area contributed by atoms with Crippen molar-refractivity contribution < 1.29 is 14.6 Å². The number of carboxylic acid groups (broad SMARTS) is 1. The first-order chi connectivity index (χ1) is 11.8. The fourth-order valence-corrected chi connectivity index (χ4v) is 2.01. The van der Waals surface area contributed by atoms with E-state index in [2.05, 4.69) is 20.6 Å². The molecule has 0 spiro atoms. The van der Waals surface area contributed by atoms with Crippen LogP contribution in [0.5, 0.6) is 5.75 Å². The highest BCUT2D eigenvalue weighted by Crippen LogP contribution is 2.08. The van der Waals surface area contributed by atoms with Gasteiger partial charge in [0.05, 0.1) is 6.61 Å². The zero-order valence-corrected chi connectivity index (χ0v) is 13.4. The molecule has 24 heavy (non-hydrogen) atoms. The summed E-state index contributed by atoms with van der Waals surface area (Å²) >= 11 is 0. The molecule has 2 aromatic rings. The van der Waals surface area contributed by atoms with Crippen LogP contribution >= 0.6 is 0 Å². The molecule has 2 rings (SSSR count). The van der Waals surface area contributed by atoms with Gasteiger partial charge < -0.3 is 20.5 Å². The predicted molar refractivity (Wildman–Crippen MR) is 91.5 cm³/mol. The second-order valence-corrected chi connectivity index (χ2v) is 5.12.